The number of ether oxygens (including phenoxy) is 1. The Hall–Kier alpha value is -3.74. The van der Waals surface area contributed by atoms with Gasteiger partial charge in [-0.2, -0.15) is 0 Å². The SMILES string of the molecule is COc1ccccc1CNC(=O)c1cncc(C(=O)NCc2ccncc2)c1. The van der Waals surface area contributed by atoms with E-state index in [1.807, 2.05) is 36.4 Å². The first-order chi connectivity index (χ1) is 13.7. The zero-order valence-corrected chi connectivity index (χ0v) is 15.4. The molecule has 2 amide bonds. The summed E-state index contributed by atoms with van der Waals surface area (Å²) < 4.78 is 5.28. The Kier molecular flexibility index (Phi) is 6.30. The highest BCUT2D eigenvalue weighted by atomic mass is 16.5. The van der Waals surface area contributed by atoms with Crippen LogP contribution in [0.5, 0.6) is 5.75 Å². The van der Waals surface area contributed by atoms with Crippen molar-refractivity contribution in [2.45, 2.75) is 13.1 Å². The number of methoxy groups -OCH3 is 1. The van der Waals surface area contributed by atoms with E-state index in [1.165, 1.54) is 18.5 Å². The van der Waals surface area contributed by atoms with E-state index in [-0.39, 0.29) is 11.8 Å². The van der Waals surface area contributed by atoms with Gasteiger partial charge >= 0.3 is 0 Å². The maximum atomic E-state index is 12.4. The standard InChI is InChI=1S/C21H20N4O3/c1-28-19-5-3-2-4-16(19)14-25-21(27)18-10-17(12-23-13-18)20(26)24-11-15-6-8-22-9-7-15/h2-10,12-13H,11,14H2,1H3,(H,24,26)(H,25,27). The van der Waals surface area contributed by atoms with E-state index in [1.54, 1.807) is 19.5 Å². The smallest absolute Gasteiger partial charge is 0.253 e. The normalized spacial score (nSPS) is 10.2. The summed E-state index contributed by atoms with van der Waals surface area (Å²) in [7, 11) is 1.58. The molecule has 0 saturated heterocycles. The lowest BCUT2D eigenvalue weighted by Gasteiger charge is -2.10. The number of nitrogens with one attached hydrogen (secondary N) is 2. The summed E-state index contributed by atoms with van der Waals surface area (Å²) in [6, 6.07) is 12.6. The minimum Gasteiger partial charge on any atom is -0.496 e. The van der Waals surface area contributed by atoms with Crippen molar-refractivity contribution in [3.05, 3.63) is 89.5 Å². The van der Waals surface area contributed by atoms with Crippen molar-refractivity contribution in [1.29, 1.82) is 0 Å². The summed E-state index contributed by atoms with van der Waals surface area (Å²) >= 11 is 0. The second kappa shape index (κ2) is 9.27. The van der Waals surface area contributed by atoms with Crippen LogP contribution in [0.15, 0.2) is 67.3 Å². The topological polar surface area (TPSA) is 93.2 Å². The molecule has 0 radical (unpaired) electrons. The molecule has 142 valence electrons. The molecule has 7 nitrogen and oxygen atoms in total. The molecule has 1 aromatic carbocycles. The van der Waals surface area contributed by atoms with Gasteiger partial charge in [-0.3, -0.25) is 19.6 Å². The van der Waals surface area contributed by atoms with Crippen molar-refractivity contribution >= 4 is 11.8 Å². The lowest BCUT2D eigenvalue weighted by Crippen LogP contribution is -2.25. The van der Waals surface area contributed by atoms with Crippen molar-refractivity contribution in [3.63, 3.8) is 0 Å². The zero-order valence-electron chi connectivity index (χ0n) is 15.4. The quantitative estimate of drug-likeness (QED) is 0.660. The van der Waals surface area contributed by atoms with Crippen molar-refractivity contribution in [2.24, 2.45) is 0 Å². The average Bonchev–Trinajstić information content (AvgIpc) is 2.76. The van der Waals surface area contributed by atoms with Gasteiger partial charge in [0.1, 0.15) is 5.75 Å². The van der Waals surface area contributed by atoms with Crippen LogP contribution in [-0.4, -0.2) is 28.9 Å². The van der Waals surface area contributed by atoms with Crippen LogP contribution >= 0.6 is 0 Å². The molecule has 2 aromatic heterocycles. The van der Waals surface area contributed by atoms with Gasteiger partial charge in [-0.1, -0.05) is 18.2 Å². The van der Waals surface area contributed by atoms with Gasteiger partial charge in [0.2, 0.25) is 0 Å². The molecular formula is C21H20N4O3. The molecule has 3 rings (SSSR count). The van der Waals surface area contributed by atoms with Gasteiger partial charge in [0, 0.05) is 43.4 Å². The van der Waals surface area contributed by atoms with Gasteiger partial charge in [0.05, 0.1) is 18.2 Å². The van der Waals surface area contributed by atoms with Gasteiger partial charge in [-0.15, -0.1) is 0 Å². The lowest BCUT2D eigenvalue weighted by atomic mass is 10.1. The van der Waals surface area contributed by atoms with Crippen molar-refractivity contribution in [3.8, 4) is 5.75 Å². The maximum absolute atomic E-state index is 12.4. The summed E-state index contributed by atoms with van der Waals surface area (Å²) in [4.78, 5) is 32.7. The number of amides is 2. The number of rotatable bonds is 7. The second-order valence-electron chi connectivity index (χ2n) is 5.99. The van der Waals surface area contributed by atoms with Crippen molar-refractivity contribution in [2.75, 3.05) is 7.11 Å². The van der Waals surface area contributed by atoms with Gasteiger partial charge in [0.15, 0.2) is 0 Å². The summed E-state index contributed by atoms with van der Waals surface area (Å²) in [6.07, 6.45) is 6.18. The number of benzene rings is 1. The number of para-hydroxylation sites is 1. The monoisotopic (exact) mass is 376 g/mol. The molecule has 0 spiro atoms. The van der Waals surface area contributed by atoms with Crippen LogP contribution in [0.1, 0.15) is 31.8 Å². The van der Waals surface area contributed by atoms with E-state index >= 15 is 0 Å². The van der Waals surface area contributed by atoms with Crippen LogP contribution in [0.2, 0.25) is 0 Å². The van der Waals surface area contributed by atoms with Gasteiger partial charge in [-0.25, -0.2) is 0 Å². The van der Waals surface area contributed by atoms with Crippen LogP contribution in [0.3, 0.4) is 0 Å². The minimum atomic E-state index is -0.317. The molecule has 0 fully saturated rings. The molecule has 2 heterocycles. The fourth-order valence-corrected chi connectivity index (χ4v) is 2.60. The van der Waals surface area contributed by atoms with Gasteiger partial charge in [0.25, 0.3) is 11.8 Å². The Bertz CT molecular complexity index is 961. The van der Waals surface area contributed by atoms with E-state index in [2.05, 4.69) is 20.6 Å². The third-order valence-corrected chi connectivity index (χ3v) is 4.10. The Balaban J connectivity index is 1.61. The highest BCUT2D eigenvalue weighted by Gasteiger charge is 2.12. The van der Waals surface area contributed by atoms with E-state index in [0.717, 1.165) is 11.1 Å². The van der Waals surface area contributed by atoms with E-state index in [4.69, 9.17) is 4.74 Å². The Morgan fingerprint density at radius 2 is 1.54 bits per heavy atom. The highest BCUT2D eigenvalue weighted by Crippen LogP contribution is 2.17. The lowest BCUT2D eigenvalue weighted by molar-refractivity contribution is 0.0950. The summed E-state index contributed by atoms with van der Waals surface area (Å²) in [6.45, 7) is 0.674. The number of hydrogen-bond acceptors (Lipinski definition) is 5. The highest BCUT2D eigenvalue weighted by molar-refractivity contribution is 5.99. The van der Waals surface area contributed by atoms with Crippen LogP contribution in [-0.2, 0) is 13.1 Å². The molecule has 0 aliphatic carbocycles. The number of pyridine rings is 2. The largest absolute Gasteiger partial charge is 0.496 e. The Morgan fingerprint density at radius 1 is 0.893 bits per heavy atom. The van der Waals surface area contributed by atoms with Crippen LogP contribution in [0, 0.1) is 0 Å². The third kappa shape index (κ3) is 4.91. The summed E-state index contributed by atoms with van der Waals surface area (Å²) in [5.41, 5.74) is 2.42. The second-order valence-corrected chi connectivity index (χ2v) is 5.99. The molecule has 2 N–H and O–H groups in total. The summed E-state index contributed by atoms with van der Waals surface area (Å²) in [5.74, 6) is 0.0797. The Morgan fingerprint density at radius 3 is 2.21 bits per heavy atom. The summed E-state index contributed by atoms with van der Waals surface area (Å²) in [5, 5.41) is 5.62. The molecule has 7 heteroatoms. The van der Waals surface area contributed by atoms with Gasteiger partial charge in [-0.05, 0) is 29.8 Å². The first-order valence-electron chi connectivity index (χ1n) is 8.69. The molecule has 0 unspecified atom stereocenters. The molecule has 0 aliphatic rings. The number of carbonyl (C=O) groups excluding carboxylic acids is 2. The van der Waals surface area contributed by atoms with Crippen LogP contribution < -0.4 is 15.4 Å². The molecule has 28 heavy (non-hydrogen) atoms. The minimum absolute atomic E-state index is 0.302. The molecule has 3 aromatic rings. The third-order valence-electron chi connectivity index (χ3n) is 4.10. The number of nitrogens with zero attached hydrogens (tertiary/aromatic N) is 2. The molecule has 0 bridgehead atoms. The van der Waals surface area contributed by atoms with Crippen molar-refractivity contribution in [1.82, 2.24) is 20.6 Å². The van der Waals surface area contributed by atoms with E-state index in [0.29, 0.717) is 30.0 Å². The number of carbonyl (C=O) groups is 2. The fraction of sp³-hybridized carbons (Fsp3) is 0.143. The van der Waals surface area contributed by atoms with Crippen molar-refractivity contribution < 1.29 is 14.3 Å². The fourth-order valence-electron chi connectivity index (χ4n) is 2.60. The zero-order chi connectivity index (χ0) is 19.8. The number of aromatic nitrogens is 2. The average molecular weight is 376 g/mol. The van der Waals surface area contributed by atoms with Crippen LogP contribution in [0.25, 0.3) is 0 Å². The predicted molar refractivity (Wildman–Crippen MR) is 104 cm³/mol. The van der Waals surface area contributed by atoms with E-state index in [9.17, 15) is 9.59 Å². The predicted octanol–water partition coefficient (Wildman–Crippen LogP) is 2.35. The maximum Gasteiger partial charge on any atom is 0.253 e. The first kappa shape index (κ1) is 19.0. The molecule has 0 aliphatic heterocycles. The van der Waals surface area contributed by atoms with E-state index < -0.39 is 0 Å². The molecule has 0 saturated carbocycles. The Labute approximate surface area is 162 Å². The number of hydrogen-bond donors (Lipinski definition) is 2. The van der Waals surface area contributed by atoms with Crippen LogP contribution in [0.4, 0.5) is 0 Å². The molecule has 0 atom stereocenters. The molecular weight excluding hydrogens is 356 g/mol. The first-order valence-corrected chi connectivity index (χ1v) is 8.69. The van der Waals surface area contributed by atoms with Gasteiger partial charge < -0.3 is 15.4 Å².